The Morgan fingerprint density at radius 3 is 2.61 bits per heavy atom. The van der Waals surface area contributed by atoms with E-state index in [4.69, 9.17) is 5.73 Å². The van der Waals surface area contributed by atoms with Crippen LogP contribution in [0.1, 0.15) is 5.56 Å². The van der Waals surface area contributed by atoms with Crippen LogP contribution in [0.2, 0.25) is 0 Å². The Morgan fingerprint density at radius 2 is 2.00 bits per heavy atom. The molecule has 92 valence electrons. The fourth-order valence-electron chi connectivity index (χ4n) is 1.40. The predicted molar refractivity (Wildman–Crippen MR) is 66.9 cm³/mol. The molecule has 0 saturated heterocycles. The van der Waals surface area contributed by atoms with Crippen LogP contribution in [0.5, 0.6) is 0 Å². The summed E-state index contributed by atoms with van der Waals surface area (Å²) in [6.45, 7) is 0.508. The number of non-ortho nitro benzene ring substituents is 1. The number of nitro benzene ring substituents is 1. The van der Waals surface area contributed by atoms with Crippen LogP contribution in [0.4, 0.5) is 17.5 Å². The van der Waals surface area contributed by atoms with E-state index in [1.165, 1.54) is 12.1 Å². The maximum absolute atomic E-state index is 10.5. The highest BCUT2D eigenvalue weighted by atomic mass is 16.6. The molecule has 0 spiro atoms. The second-order valence-corrected chi connectivity index (χ2v) is 3.58. The van der Waals surface area contributed by atoms with Crippen LogP contribution < -0.4 is 11.1 Å². The first kappa shape index (κ1) is 11.8. The van der Waals surface area contributed by atoms with E-state index in [9.17, 15) is 10.1 Å². The number of nitrogens with one attached hydrogen (secondary N) is 1. The molecule has 0 amide bonds. The number of nitrogens with two attached hydrogens (primary N) is 1. The molecule has 0 aliphatic rings. The van der Waals surface area contributed by atoms with Crippen LogP contribution in [0, 0.1) is 10.1 Å². The highest BCUT2D eigenvalue weighted by molar-refractivity contribution is 5.39. The van der Waals surface area contributed by atoms with Gasteiger partial charge in [0.15, 0.2) is 0 Å². The number of rotatable bonds is 4. The molecule has 0 saturated carbocycles. The molecule has 0 aliphatic heterocycles. The Labute approximate surface area is 103 Å². The van der Waals surface area contributed by atoms with Crippen LogP contribution in [0.3, 0.4) is 0 Å². The van der Waals surface area contributed by atoms with Crippen LogP contribution in [0.25, 0.3) is 0 Å². The summed E-state index contributed by atoms with van der Waals surface area (Å²) in [5.41, 5.74) is 6.43. The van der Waals surface area contributed by atoms with Gasteiger partial charge in [0, 0.05) is 24.9 Å². The maximum atomic E-state index is 10.5. The van der Waals surface area contributed by atoms with Gasteiger partial charge in [0.2, 0.25) is 5.95 Å². The summed E-state index contributed by atoms with van der Waals surface area (Å²) in [5.74, 6) is 0.810. The number of hydrogen-bond donors (Lipinski definition) is 2. The predicted octanol–water partition coefficient (Wildman–Crippen LogP) is 1.58. The second-order valence-electron chi connectivity index (χ2n) is 3.58. The zero-order valence-electron chi connectivity index (χ0n) is 9.41. The summed E-state index contributed by atoms with van der Waals surface area (Å²) >= 11 is 0. The molecule has 18 heavy (non-hydrogen) atoms. The van der Waals surface area contributed by atoms with Gasteiger partial charge in [-0.2, -0.15) is 4.98 Å². The molecule has 7 heteroatoms. The van der Waals surface area contributed by atoms with Gasteiger partial charge in [-0.3, -0.25) is 10.1 Å². The minimum absolute atomic E-state index is 0.0741. The van der Waals surface area contributed by atoms with Gasteiger partial charge in [-0.25, -0.2) is 4.98 Å². The maximum Gasteiger partial charge on any atom is 0.269 e. The third kappa shape index (κ3) is 2.91. The van der Waals surface area contributed by atoms with Gasteiger partial charge >= 0.3 is 0 Å². The van der Waals surface area contributed by atoms with E-state index in [0.29, 0.717) is 12.4 Å². The van der Waals surface area contributed by atoms with Crippen LogP contribution >= 0.6 is 0 Å². The Kier molecular flexibility index (Phi) is 3.33. The molecule has 0 atom stereocenters. The van der Waals surface area contributed by atoms with Crippen LogP contribution in [-0.4, -0.2) is 14.9 Å². The Morgan fingerprint density at radius 1 is 1.28 bits per heavy atom. The van der Waals surface area contributed by atoms with Crippen LogP contribution in [-0.2, 0) is 6.54 Å². The summed E-state index contributed by atoms with van der Waals surface area (Å²) in [6.07, 6.45) is 1.56. The highest BCUT2D eigenvalue weighted by Gasteiger charge is 2.03. The Balaban J connectivity index is 2.00. The van der Waals surface area contributed by atoms with E-state index < -0.39 is 4.92 Å². The number of hydrogen-bond acceptors (Lipinski definition) is 6. The van der Waals surface area contributed by atoms with Gasteiger partial charge in [-0.15, -0.1) is 0 Å². The highest BCUT2D eigenvalue weighted by Crippen LogP contribution is 2.13. The lowest BCUT2D eigenvalue weighted by Gasteiger charge is -2.05. The number of nitro groups is 1. The van der Waals surface area contributed by atoms with Crippen molar-refractivity contribution in [2.45, 2.75) is 6.54 Å². The molecule has 0 unspecified atom stereocenters. The van der Waals surface area contributed by atoms with Gasteiger partial charge in [0.05, 0.1) is 4.92 Å². The van der Waals surface area contributed by atoms with Gasteiger partial charge in [0.1, 0.15) is 5.82 Å². The lowest BCUT2D eigenvalue weighted by molar-refractivity contribution is -0.384. The summed E-state index contributed by atoms with van der Waals surface area (Å²) in [5, 5.41) is 13.5. The van der Waals surface area contributed by atoms with Crippen molar-refractivity contribution in [2.75, 3.05) is 11.1 Å². The molecular formula is C11H11N5O2. The third-order valence-electron chi connectivity index (χ3n) is 2.30. The molecule has 0 radical (unpaired) electrons. The van der Waals surface area contributed by atoms with Crippen molar-refractivity contribution in [1.29, 1.82) is 0 Å². The molecule has 1 heterocycles. The van der Waals surface area contributed by atoms with Crippen LogP contribution in [0.15, 0.2) is 36.5 Å². The smallest absolute Gasteiger partial charge is 0.269 e. The van der Waals surface area contributed by atoms with E-state index >= 15 is 0 Å². The lowest BCUT2D eigenvalue weighted by atomic mass is 10.2. The first-order valence-corrected chi connectivity index (χ1v) is 5.21. The first-order chi connectivity index (χ1) is 8.65. The molecule has 1 aromatic carbocycles. The van der Waals surface area contributed by atoms with Crippen molar-refractivity contribution >= 4 is 17.5 Å². The van der Waals surface area contributed by atoms with E-state index in [1.807, 2.05) is 0 Å². The number of aromatic nitrogens is 2. The van der Waals surface area contributed by atoms with Gasteiger partial charge in [-0.05, 0) is 11.6 Å². The normalized spacial score (nSPS) is 10.0. The summed E-state index contributed by atoms with van der Waals surface area (Å²) in [7, 11) is 0. The molecule has 3 N–H and O–H groups in total. The second kappa shape index (κ2) is 5.09. The average Bonchev–Trinajstić information content (AvgIpc) is 2.37. The minimum Gasteiger partial charge on any atom is -0.368 e. The van der Waals surface area contributed by atoms with Gasteiger partial charge in [-0.1, -0.05) is 12.1 Å². The molecule has 0 fully saturated rings. The Bertz CT molecular complexity index is 556. The largest absolute Gasteiger partial charge is 0.368 e. The van der Waals surface area contributed by atoms with Gasteiger partial charge in [0.25, 0.3) is 5.69 Å². The number of nitrogen functional groups attached to an aromatic ring is 1. The van der Waals surface area contributed by atoms with E-state index in [0.717, 1.165) is 5.56 Å². The van der Waals surface area contributed by atoms with Crippen molar-refractivity contribution in [3.8, 4) is 0 Å². The first-order valence-electron chi connectivity index (χ1n) is 5.21. The van der Waals surface area contributed by atoms with E-state index in [2.05, 4.69) is 15.3 Å². The zero-order chi connectivity index (χ0) is 13.0. The topological polar surface area (TPSA) is 107 Å². The minimum atomic E-state index is -0.428. The monoisotopic (exact) mass is 245 g/mol. The number of nitrogens with zero attached hydrogens (tertiary/aromatic N) is 3. The number of anilines is 2. The van der Waals surface area contributed by atoms with Gasteiger partial charge < -0.3 is 11.1 Å². The fraction of sp³-hybridized carbons (Fsp3) is 0.0909. The van der Waals surface area contributed by atoms with Crippen molar-refractivity contribution in [2.24, 2.45) is 0 Å². The van der Waals surface area contributed by atoms with Crippen molar-refractivity contribution in [3.05, 3.63) is 52.2 Å². The third-order valence-corrected chi connectivity index (χ3v) is 2.30. The molecule has 1 aromatic heterocycles. The molecule has 0 bridgehead atoms. The molecule has 0 aliphatic carbocycles. The van der Waals surface area contributed by atoms with Crippen molar-refractivity contribution < 1.29 is 4.92 Å². The SMILES string of the molecule is Nc1nccc(NCc2ccc([N+](=O)[O-])cc2)n1. The van der Waals surface area contributed by atoms with E-state index in [1.54, 1.807) is 24.4 Å². The molecule has 7 nitrogen and oxygen atoms in total. The van der Waals surface area contributed by atoms with Crippen molar-refractivity contribution in [3.63, 3.8) is 0 Å². The van der Waals surface area contributed by atoms with E-state index in [-0.39, 0.29) is 11.6 Å². The molecule has 2 aromatic rings. The van der Waals surface area contributed by atoms with Crippen molar-refractivity contribution in [1.82, 2.24) is 9.97 Å². The quantitative estimate of drug-likeness (QED) is 0.625. The Hall–Kier alpha value is -2.70. The molecular weight excluding hydrogens is 234 g/mol. The number of benzene rings is 1. The summed E-state index contributed by atoms with van der Waals surface area (Å²) in [4.78, 5) is 17.8. The lowest BCUT2D eigenvalue weighted by Crippen LogP contribution is -2.03. The fourth-order valence-corrected chi connectivity index (χ4v) is 1.40. The zero-order valence-corrected chi connectivity index (χ0v) is 9.41. The average molecular weight is 245 g/mol. The standard InChI is InChI=1S/C11H11N5O2/c12-11-13-6-5-10(15-11)14-7-8-1-3-9(4-2-8)16(17)18/h1-6H,7H2,(H3,12,13,14,15). The molecule has 2 rings (SSSR count). The summed E-state index contributed by atoms with van der Waals surface area (Å²) in [6, 6.07) is 8.00. The summed E-state index contributed by atoms with van der Waals surface area (Å²) < 4.78 is 0.